The van der Waals surface area contributed by atoms with Gasteiger partial charge in [-0.15, -0.1) is 0 Å². The number of likely N-dealkylation sites (tertiary alicyclic amines) is 1. The third-order valence-corrected chi connectivity index (χ3v) is 5.48. The normalized spacial score (nSPS) is 25.0. The van der Waals surface area contributed by atoms with E-state index in [0.29, 0.717) is 36.0 Å². The van der Waals surface area contributed by atoms with Crippen LogP contribution < -0.4 is 0 Å². The van der Waals surface area contributed by atoms with Crippen molar-refractivity contribution < 1.29 is 18.3 Å². The molecular formula is C19H23FN2O3. The number of fused-ring (bicyclic) bond motifs is 1. The number of para-hydroxylation sites is 1. The molecule has 0 unspecified atom stereocenters. The van der Waals surface area contributed by atoms with E-state index in [9.17, 15) is 9.18 Å². The summed E-state index contributed by atoms with van der Waals surface area (Å²) >= 11 is 0. The number of carbonyl (C=O) groups excluding carboxylic acids is 1. The second-order valence-corrected chi connectivity index (χ2v) is 7.08. The topological polar surface area (TPSA) is 45.9 Å². The van der Waals surface area contributed by atoms with Crippen LogP contribution in [-0.2, 0) is 4.74 Å². The quantitative estimate of drug-likeness (QED) is 0.839. The number of furan rings is 1. The molecule has 2 aromatic rings. The van der Waals surface area contributed by atoms with Gasteiger partial charge in [0.15, 0.2) is 17.2 Å². The van der Waals surface area contributed by atoms with E-state index in [-0.39, 0.29) is 17.3 Å². The summed E-state index contributed by atoms with van der Waals surface area (Å²) in [5.41, 5.74) is 0.877. The largest absolute Gasteiger partial charge is 0.448 e. The highest BCUT2D eigenvalue weighted by molar-refractivity contribution is 5.99. The molecule has 134 valence electrons. The minimum Gasteiger partial charge on any atom is -0.448 e. The lowest BCUT2D eigenvalue weighted by Crippen LogP contribution is -2.47. The van der Waals surface area contributed by atoms with Crippen LogP contribution in [0, 0.1) is 18.7 Å². The SMILES string of the molecule is Cc1c(C(=O)N2C[C@@H](N3CCOCC3)[C@@H](C)C2)oc2c(F)cccc12. The number of carbonyl (C=O) groups is 1. The first-order valence-corrected chi connectivity index (χ1v) is 8.85. The second kappa shape index (κ2) is 6.42. The summed E-state index contributed by atoms with van der Waals surface area (Å²) in [5.74, 6) is 0.0785. The highest BCUT2D eigenvalue weighted by atomic mass is 19.1. The van der Waals surface area contributed by atoms with E-state index in [4.69, 9.17) is 9.15 Å². The highest BCUT2D eigenvalue weighted by Gasteiger charge is 2.38. The van der Waals surface area contributed by atoms with Crippen LogP contribution >= 0.6 is 0 Å². The number of aryl methyl sites for hydroxylation is 1. The van der Waals surface area contributed by atoms with Crippen molar-refractivity contribution in [3.05, 3.63) is 35.3 Å². The number of amides is 1. The molecule has 1 aromatic heterocycles. The number of ether oxygens (including phenoxy) is 1. The van der Waals surface area contributed by atoms with Gasteiger partial charge in [0.05, 0.1) is 13.2 Å². The Kier molecular flexibility index (Phi) is 4.25. The zero-order valence-corrected chi connectivity index (χ0v) is 14.6. The standard InChI is InChI=1S/C19H23FN2O3/c1-12-10-22(11-16(12)21-6-8-24-9-7-21)19(23)17-13(2)14-4-3-5-15(20)18(14)25-17/h3-5,12,16H,6-11H2,1-2H3/t12-,16+/m0/s1. The number of morpholine rings is 1. The first kappa shape index (κ1) is 16.5. The van der Waals surface area contributed by atoms with Crippen molar-refractivity contribution in [3.63, 3.8) is 0 Å². The highest BCUT2D eigenvalue weighted by Crippen LogP contribution is 2.30. The molecule has 1 amide bonds. The molecule has 2 aliphatic heterocycles. The van der Waals surface area contributed by atoms with Crippen molar-refractivity contribution in [2.24, 2.45) is 5.92 Å². The van der Waals surface area contributed by atoms with Crippen molar-refractivity contribution in [2.45, 2.75) is 19.9 Å². The Morgan fingerprint density at radius 2 is 2.00 bits per heavy atom. The van der Waals surface area contributed by atoms with Crippen LogP contribution in [0.5, 0.6) is 0 Å². The zero-order valence-electron chi connectivity index (χ0n) is 14.6. The fraction of sp³-hybridized carbons (Fsp3) is 0.526. The van der Waals surface area contributed by atoms with E-state index < -0.39 is 5.82 Å². The maximum atomic E-state index is 13.9. The molecule has 2 saturated heterocycles. The summed E-state index contributed by atoms with van der Waals surface area (Å²) in [4.78, 5) is 17.2. The summed E-state index contributed by atoms with van der Waals surface area (Å²) in [6, 6.07) is 5.12. The van der Waals surface area contributed by atoms with E-state index in [1.165, 1.54) is 6.07 Å². The molecule has 0 saturated carbocycles. The van der Waals surface area contributed by atoms with Gasteiger partial charge in [0.1, 0.15) is 0 Å². The summed E-state index contributed by atoms with van der Waals surface area (Å²) in [7, 11) is 0. The predicted molar refractivity (Wildman–Crippen MR) is 92.2 cm³/mol. The molecular weight excluding hydrogens is 323 g/mol. The second-order valence-electron chi connectivity index (χ2n) is 7.08. The van der Waals surface area contributed by atoms with Crippen LogP contribution in [0.4, 0.5) is 4.39 Å². The van der Waals surface area contributed by atoms with E-state index in [0.717, 1.165) is 26.3 Å². The minimum atomic E-state index is -0.430. The lowest BCUT2D eigenvalue weighted by atomic mass is 10.0. The lowest BCUT2D eigenvalue weighted by Gasteiger charge is -2.33. The Labute approximate surface area is 146 Å². The number of hydrogen-bond donors (Lipinski definition) is 0. The van der Waals surface area contributed by atoms with Gasteiger partial charge < -0.3 is 14.1 Å². The Bertz CT molecular complexity index is 797. The zero-order chi connectivity index (χ0) is 17.6. The van der Waals surface area contributed by atoms with E-state index in [2.05, 4.69) is 11.8 Å². The predicted octanol–water partition coefficient (Wildman–Crippen LogP) is 2.67. The minimum absolute atomic E-state index is 0.143. The summed E-state index contributed by atoms with van der Waals surface area (Å²) in [6.07, 6.45) is 0. The van der Waals surface area contributed by atoms with Crippen molar-refractivity contribution in [3.8, 4) is 0 Å². The van der Waals surface area contributed by atoms with Crippen molar-refractivity contribution >= 4 is 16.9 Å². The van der Waals surface area contributed by atoms with Gasteiger partial charge >= 0.3 is 0 Å². The van der Waals surface area contributed by atoms with E-state index in [1.807, 2.05) is 11.8 Å². The van der Waals surface area contributed by atoms with Crippen molar-refractivity contribution in [1.82, 2.24) is 9.80 Å². The monoisotopic (exact) mass is 346 g/mol. The lowest BCUT2D eigenvalue weighted by molar-refractivity contribution is 0.0119. The van der Waals surface area contributed by atoms with Crippen LogP contribution in [0.15, 0.2) is 22.6 Å². The fourth-order valence-corrected chi connectivity index (χ4v) is 4.06. The van der Waals surface area contributed by atoms with Crippen LogP contribution in [0.2, 0.25) is 0 Å². The molecule has 4 rings (SSSR count). The Morgan fingerprint density at radius 1 is 1.24 bits per heavy atom. The maximum Gasteiger partial charge on any atom is 0.289 e. The molecule has 0 spiro atoms. The van der Waals surface area contributed by atoms with Gasteiger partial charge in [-0.3, -0.25) is 9.69 Å². The molecule has 25 heavy (non-hydrogen) atoms. The number of rotatable bonds is 2. The summed E-state index contributed by atoms with van der Waals surface area (Å²) < 4.78 is 25.0. The smallest absolute Gasteiger partial charge is 0.289 e. The van der Waals surface area contributed by atoms with Gasteiger partial charge in [0.25, 0.3) is 5.91 Å². The molecule has 0 bridgehead atoms. The van der Waals surface area contributed by atoms with Crippen molar-refractivity contribution in [1.29, 1.82) is 0 Å². The molecule has 3 heterocycles. The van der Waals surface area contributed by atoms with Gasteiger partial charge in [-0.05, 0) is 18.9 Å². The Balaban J connectivity index is 1.57. The van der Waals surface area contributed by atoms with Crippen LogP contribution in [0.1, 0.15) is 23.0 Å². The first-order chi connectivity index (χ1) is 12.1. The Morgan fingerprint density at radius 3 is 2.72 bits per heavy atom. The third-order valence-electron chi connectivity index (χ3n) is 5.48. The van der Waals surface area contributed by atoms with Gasteiger partial charge in [0.2, 0.25) is 0 Å². The summed E-state index contributed by atoms with van der Waals surface area (Å²) in [6.45, 7) is 8.69. The maximum absolute atomic E-state index is 13.9. The van der Waals surface area contributed by atoms with Gasteiger partial charge in [-0.2, -0.15) is 0 Å². The van der Waals surface area contributed by atoms with Gasteiger partial charge in [0, 0.05) is 43.2 Å². The van der Waals surface area contributed by atoms with Gasteiger partial charge in [-0.1, -0.05) is 19.1 Å². The number of halogens is 1. The molecule has 1 aromatic carbocycles. The fourth-order valence-electron chi connectivity index (χ4n) is 4.06. The third kappa shape index (κ3) is 2.83. The van der Waals surface area contributed by atoms with Crippen LogP contribution in [-0.4, -0.2) is 61.1 Å². The molecule has 0 aliphatic carbocycles. The molecule has 0 radical (unpaired) electrons. The molecule has 0 N–H and O–H groups in total. The molecule has 2 fully saturated rings. The Hall–Kier alpha value is -1.92. The average Bonchev–Trinajstić information content (AvgIpc) is 3.17. The van der Waals surface area contributed by atoms with Crippen molar-refractivity contribution in [2.75, 3.05) is 39.4 Å². The van der Waals surface area contributed by atoms with Crippen LogP contribution in [0.3, 0.4) is 0 Å². The number of benzene rings is 1. The average molecular weight is 346 g/mol. The molecule has 6 heteroatoms. The number of hydrogen-bond acceptors (Lipinski definition) is 4. The van der Waals surface area contributed by atoms with Crippen LogP contribution in [0.25, 0.3) is 11.0 Å². The first-order valence-electron chi connectivity index (χ1n) is 8.85. The summed E-state index contributed by atoms with van der Waals surface area (Å²) in [5, 5.41) is 0.667. The molecule has 2 aliphatic rings. The van der Waals surface area contributed by atoms with E-state index >= 15 is 0 Å². The number of nitrogens with zero attached hydrogens (tertiary/aromatic N) is 2. The van der Waals surface area contributed by atoms with E-state index in [1.54, 1.807) is 12.1 Å². The molecule has 2 atom stereocenters. The van der Waals surface area contributed by atoms with Gasteiger partial charge in [-0.25, -0.2) is 4.39 Å². The molecule has 5 nitrogen and oxygen atoms in total.